The summed E-state index contributed by atoms with van der Waals surface area (Å²) in [5.41, 5.74) is 6.37. The molecule has 1 aliphatic carbocycles. The number of hydrogen-bond donors (Lipinski definition) is 2. The number of hydrogen-bond acceptors (Lipinski definition) is 6. The maximum atomic E-state index is 12.8. The number of carbonyl (C=O) groups is 1. The van der Waals surface area contributed by atoms with Gasteiger partial charge in [-0.3, -0.25) is 4.79 Å². The van der Waals surface area contributed by atoms with E-state index in [4.69, 9.17) is 9.15 Å². The second-order valence-corrected chi connectivity index (χ2v) is 12.3. The third-order valence-corrected chi connectivity index (χ3v) is 9.20. The van der Waals surface area contributed by atoms with E-state index in [0.29, 0.717) is 5.58 Å². The van der Waals surface area contributed by atoms with E-state index >= 15 is 0 Å². The fourth-order valence-corrected chi connectivity index (χ4v) is 6.71. The zero-order valence-electron chi connectivity index (χ0n) is 22.2. The van der Waals surface area contributed by atoms with Gasteiger partial charge in [-0.15, -0.1) is 5.10 Å². The van der Waals surface area contributed by atoms with Crippen LogP contribution in [0.3, 0.4) is 0 Å². The van der Waals surface area contributed by atoms with Gasteiger partial charge in [0, 0.05) is 17.5 Å². The number of aryl methyl sites for hydroxylation is 3. The van der Waals surface area contributed by atoms with Crippen molar-refractivity contribution >= 4 is 26.9 Å². The quantitative estimate of drug-likeness (QED) is 0.441. The Bertz CT molecular complexity index is 1520. The number of amides is 1. The van der Waals surface area contributed by atoms with Gasteiger partial charge in [0.05, 0.1) is 4.90 Å². The first-order valence-corrected chi connectivity index (χ1v) is 14.9. The maximum absolute atomic E-state index is 12.8. The van der Waals surface area contributed by atoms with E-state index in [2.05, 4.69) is 21.3 Å². The Morgan fingerprint density at radius 3 is 2.50 bits per heavy atom. The van der Waals surface area contributed by atoms with Gasteiger partial charge in [-0.1, -0.05) is 31.0 Å². The highest BCUT2D eigenvalue weighted by molar-refractivity contribution is 7.89. The van der Waals surface area contributed by atoms with E-state index in [1.807, 2.05) is 19.9 Å². The minimum atomic E-state index is -3.86. The number of nitrogens with zero attached hydrogens (tertiary/aromatic N) is 1. The molecule has 2 aliphatic rings. The molecule has 2 N–H and O–H groups in total. The van der Waals surface area contributed by atoms with Crippen LogP contribution in [0.15, 0.2) is 56.9 Å². The lowest BCUT2D eigenvalue weighted by Gasteiger charge is -2.41. The molecule has 9 heteroatoms. The van der Waals surface area contributed by atoms with Gasteiger partial charge in [-0.25, -0.2) is 13.8 Å². The van der Waals surface area contributed by atoms with Gasteiger partial charge in [0.1, 0.15) is 23.0 Å². The Hall–Kier alpha value is -3.17. The van der Waals surface area contributed by atoms with Crippen LogP contribution in [0.1, 0.15) is 68.6 Å². The van der Waals surface area contributed by atoms with Crippen molar-refractivity contribution in [1.29, 1.82) is 0 Å². The van der Waals surface area contributed by atoms with Crippen LogP contribution in [0.2, 0.25) is 0 Å². The van der Waals surface area contributed by atoms with Gasteiger partial charge < -0.3 is 9.15 Å². The molecule has 1 spiro atoms. The van der Waals surface area contributed by atoms with Crippen LogP contribution in [0.4, 0.5) is 0 Å². The van der Waals surface area contributed by atoms with Gasteiger partial charge in [-0.2, -0.15) is 4.72 Å². The summed E-state index contributed by atoms with van der Waals surface area (Å²) in [7, 11) is -3.86. The van der Waals surface area contributed by atoms with Crippen molar-refractivity contribution < 1.29 is 22.4 Å². The van der Waals surface area contributed by atoms with E-state index < -0.39 is 22.0 Å². The molecule has 1 aliphatic heterocycles. The van der Waals surface area contributed by atoms with Gasteiger partial charge in [0.2, 0.25) is 15.6 Å². The Morgan fingerprint density at radius 2 is 1.79 bits per heavy atom. The van der Waals surface area contributed by atoms with E-state index in [-0.39, 0.29) is 22.5 Å². The third kappa shape index (κ3) is 5.49. The molecule has 0 radical (unpaired) electrons. The second kappa shape index (κ2) is 10.5. The lowest BCUT2D eigenvalue weighted by molar-refractivity contribution is -0.122. The predicted molar refractivity (Wildman–Crippen MR) is 145 cm³/mol. The number of carbonyl (C=O) groups excluding carboxylic acids is 1. The summed E-state index contributed by atoms with van der Waals surface area (Å²) in [5, 5.41) is 5.13. The lowest BCUT2D eigenvalue weighted by Crippen LogP contribution is -2.45. The van der Waals surface area contributed by atoms with Crippen molar-refractivity contribution in [3.8, 4) is 5.75 Å². The largest absolute Gasteiger partial charge is 0.487 e. The Kier molecular flexibility index (Phi) is 7.33. The molecule has 1 fully saturated rings. The van der Waals surface area contributed by atoms with E-state index in [0.717, 1.165) is 47.9 Å². The minimum absolute atomic E-state index is 0.0645. The highest BCUT2D eigenvalue weighted by Crippen LogP contribution is 2.43. The number of sulfonamides is 1. The summed E-state index contributed by atoms with van der Waals surface area (Å²) in [4.78, 5) is 12.9. The van der Waals surface area contributed by atoms with Gasteiger partial charge >= 0.3 is 0 Å². The molecule has 3 aromatic rings. The Labute approximate surface area is 223 Å². The molecule has 5 rings (SSSR count). The van der Waals surface area contributed by atoms with Crippen molar-refractivity contribution in [3.05, 3.63) is 64.7 Å². The zero-order valence-corrected chi connectivity index (χ0v) is 23.0. The third-order valence-electron chi connectivity index (χ3n) is 7.71. The van der Waals surface area contributed by atoms with Crippen molar-refractivity contribution in [3.63, 3.8) is 0 Å². The topological polar surface area (TPSA) is 110 Å². The molecule has 1 unspecified atom stereocenters. The van der Waals surface area contributed by atoms with Crippen LogP contribution in [-0.2, 0) is 21.2 Å². The number of ether oxygens (including phenoxy) is 1. The van der Waals surface area contributed by atoms with Gasteiger partial charge in [0.25, 0.3) is 5.91 Å². The molecule has 8 nitrogen and oxygen atoms in total. The van der Waals surface area contributed by atoms with E-state index in [1.165, 1.54) is 37.0 Å². The molecule has 0 bridgehead atoms. The van der Waals surface area contributed by atoms with Crippen LogP contribution in [0.25, 0.3) is 11.0 Å². The van der Waals surface area contributed by atoms with Gasteiger partial charge in [0.15, 0.2) is 0 Å². The number of nitrogens with one attached hydrogen (secondary N) is 2. The van der Waals surface area contributed by atoms with Crippen molar-refractivity contribution in [2.75, 3.05) is 0 Å². The average molecular weight is 538 g/mol. The predicted octanol–water partition coefficient (Wildman–Crippen LogP) is 4.77. The minimum Gasteiger partial charge on any atom is -0.487 e. The molecule has 2 aromatic carbocycles. The molecular weight excluding hydrogens is 502 g/mol. The SMILES string of the molecule is CCC(NS(=O)(=O)c1ccc(C)cc1)C(=O)NN=c1cc(C)c2cc3c(cc2o1)OC1(CCCCC1)CC3. The molecule has 1 atom stereocenters. The number of rotatable bonds is 6. The van der Waals surface area contributed by atoms with E-state index in [1.54, 1.807) is 25.1 Å². The molecule has 1 aromatic heterocycles. The lowest BCUT2D eigenvalue weighted by atomic mass is 9.79. The molecule has 202 valence electrons. The average Bonchev–Trinajstić information content (AvgIpc) is 2.90. The summed E-state index contributed by atoms with van der Waals surface area (Å²) < 4.78 is 40.6. The van der Waals surface area contributed by atoms with Crippen molar-refractivity contribution in [1.82, 2.24) is 10.1 Å². The molecular formula is C29H35N3O5S. The maximum Gasteiger partial charge on any atom is 0.258 e. The molecule has 38 heavy (non-hydrogen) atoms. The number of benzene rings is 2. The summed E-state index contributed by atoms with van der Waals surface area (Å²) in [6.45, 7) is 5.58. The fraction of sp³-hybridized carbons (Fsp3) is 0.448. The summed E-state index contributed by atoms with van der Waals surface area (Å²) in [6.07, 6.45) is 8.16. The van der Waals surface area contributed by atoms with Crippen molar-refractivity contribution in [2.45, 2.75) is 88.7 Å². The van der Waals surface area contributed by atoms with Crippen LogP contribution in [0.5, 0.6) is 5.75 Å². The monoisotopic (exact) mass is 537 g/mol. The highest BCUT2D eigenvalue weighted by Gasteiger charge is 2.37. The van der Waals surface area contributed by atoms with Crippen molar-refractivity contribution in [2.24, 2.45) is 5.10 Å². The first kappa shape index (κ1) is 26.4. The Balaban J connectivity index is 1.35. The first-order valence-electron chi connectivity index (χ1n) is 13.4. The highest BCUT2D eigenvalue weighted by atomic mass is 32.2. The summed E-state index contributed by atoms with van der Waals surface area (Å²) in [5.74, 6) is 0.302. The van der Waals surface area contributed by atoms with Gasteiger partial charge in [-0.05, 0) is 88.1 Å². The van der Waals surface area contributed by atoms with Crippen LogP contribution >= 0.6 is 0 Å². The number of fused-ring (bicyclic) bond motifs is 2. The zero-order chi connectivity index (χ0) is 26.9. The Morgan fingerprint density at radius 1 is 1.05 bits per heavy atom. The molecule has 1 saturated carbocycles. The standard InChI is InChI=1S/C29H35N3O5S/c1-4-24(32-38(34,35)22-10-8-19(2)9-11-22)28(33)31-30-27-16-20(3)23-17-21-12-15-29(13-6-5-7-14-29)37-25(21)18-26(23)36-27/h8-11,16-18,24,32H,4-7,12-15H2,1-3H3,(H,31,33). The summed E-state index contributed by atoms with van der Waals surface area (Å²) in [6, 6.07) is 11.3. The summed E-state index contributed by atoms with van der Waals surface area (Å²) >= 11 is 0. The van der Waals surface area contributed by atoms with Crippen LogP contribution in [0, 0.1) is 13.8 Å². The first-order chi connectivity index (χ1) is 18.2. The molecule has 2 heterocycles. The van der Waals surface area contributed by atoms with E-state index in [9.17, 15) is 13.2 Å². The van der Waals surface area contributed by atoms with Crippen LogP contribution < -0.4 is 20.4 Å². The second-order valence-electron chi connectivity index (χ2n) is 10.6. The van der Waals surface area contributed by atoms with Crippen LogP contribution in [-0.4, -0.2) is 26.0 Å². The molecule has 1 amide bonds. The fourth-order valence-electron chi connectivity index (χ4n) is 5.43. The molecule has 0 saturated heterocycles. The smallest absolute Gasteiger partial charge is 0.258 e. The normalized spacial score (nSPS) is 18.1.